The third-order valence-corrected chi connectivity index (χ3v) is 5.66. The van der Waals surface area contributed by atoms with Crippen molar-refractivity contribution in [3.8, 4) is 0 Å². The predicted molar refractivity (Wildman–Crippen MR) is 104 cm³/mol. The molecule has 0 saturated carbocycles. The van der Waals surface area contributed by atoms with Gasteiger partial charge in [0.05, 0.1) is 29.5 Å². The van der Waals surface area contributed by atoms with E-state index < -0.39 is 10.0 Å². The maximum atomic E-state index is 12.8. The second-order valence-corrected chi connectivity index (χ2v) is 7.96. The molecule has 144 valence electrons. The van der Waals surface area contributed by atoms with Crippen molar-refractivity contribution < 1.29 is 17.9 Å². The van der Waals surface area contributed by atoms with Crippen molar-refractivity contribution in [2.24, 2.45) is 0 Å². The van der Waals surface area contributed by atoms with Crippen molar-refractivity contribution in [3.63, 3.8) is 0 Å². The predicted octanol–water partition coefficient (Wildman–Crippen LogP) is 1.96. The Morgan fingerprint density at radius 1 is 1.07 bits per heavy atom. The van der Waals surface area contributed by atoms with Gasteiger partial charge in [-0.3, -0.25) is 9.52 Å². The van der Waals surface area contributed by atoms with Gasteiger partial charge in [0.25, 0.3) is 10.0 Å². The van der Waals surface area contributed by atoms with E-state index in [2.05, 4.69) is 14.9 Å². The molecule has 2 aromatic rings. The summed E-state index contributed by atoms with van der Waals surface area (Å²) in [6, 6.07) is 13.8. The Balaban J connectivity index is 1.77. The Labute approximate surface area is 159 Å². The van der Waals surface area contributed by atoms with Crippen LogP contribution in [0, 0.1) is 0 Å². The van der Waals surface area contributed by atoms with Crippen LogP contribution in [-0.2, 0) is 26.1 Å². The Morgan fingerprint density at radius 2 is 1.74 bits per heavy atom. The number of rotatable bonds is 6. The minimum atomic E-state index is -3.72. The maximum absolute atomic E-state index is 12.8. The fourth-order valence-corrected chi connectivity index (χ4v) is 3.93. The Morgan fingerprint density at radius 3 is 2.41 bits per heavy atom. The highest BCUT2D eigenvalue weighted by Gasteiger charge is 2.19. The second kappa shape index (κ2) is 8.41. The number of benzene rings is 2. The van der Waals surface area contributed by atoms with E-state index in [1.807, 2.05) is 12.1 Å². The van der Waals surface area contributed by atoms with Gasteiger partial charge in [-0.15, -0.1) is 0 Å². The lowest BCUT2D eigenvalue weighted by Gasteiger charge is -2.30. The third-order valence-electron chi connectivity index (χ3n) is 4.28. The van der Waals surface area contributed by atoms with Gasteiger partial charge in [0.15, 0.2) is 0 Å². The van der Waals surface area contributed by atoms with Gasteiger partial charge in [-0.2, -0.15) is 0 Å². The first-order chi connectivity index (χ1) is 13.0. The van der Waals surface area contributed by atoms with Crippen molar-refractivity contribution in [2.75, 3.05) is 35.9 Å². The number of morpholine rings is 1. The van der Waals surface area contributed by atoms with E-state index >= 15 is 0 Å². The van der Waals surface area contributed by atoms with Crippen LogP contribution in [0.25, 0.3) is 0 Å². The van der Waals surface area contributed by atoms with E-state index in [0.717, 1.165) is 24.3 Å². The number of amides is 1. The van der Waals surface area contributed by atoms with Gasteiger partial charge in [0.1, 0.15) is 0 Å². The summed E-state index contributed by atoms with van der Waals surface area (Å²) in [5.74, 6) is -0.131. The summed E-state index contributed by atoms with van der Waals surface area (Å²) in [4.78, 5) is 13.3. The van der Waals surface area contributed by atoms with Gasteiger partial charge in [-0.25, -0.2) is 8.42 Å². The molecule has 0 atom stereocenters. The molecule has 0 aliphatic carbocycles. The average Bonchev–Trinajstić information content (AvgIpc) is 2.67. The van der Waals surface area contributed by atoms with Gasteiger partial charge >= 0.3 is 0 Å². The molecule has 2 aromatic carbocycles. The van der Waals surface area contributed by atoms with Gasteiger partial charge in [0.2, 0.25) is 5.91 Å². The SMILES string of the molecule is CC(=O)NCc1ccc(S(=O)(=O)Nc2ccccc2N2CCOCC2)cc1. The van der Waals surface area contributed by atoms with Crippen LogP contribution >= 0.6 is 0 Å². The molecule has 1 heterocycles. The van der Waals surface area contributed by atoms with Crippen LogP contribution in [-0.4, -0.2) is 40.6 Å². The van der Waals surface area contributed by atoms with Crippen LogP contribution in [0.15, 0.2) is 53.4 Å². The highest BCUT2D eigenvalue weighted by Crippen LogP contribution is 2.28. The van der Waals surface area contributed by atoms with Crippen LogP contribution in [0.5, 0.6) is 0 Å². The number of hydrogen-bond donors (Lipinski definition) is 2. The first kappa shape index (κ1) is 19.2. The Bertz CT molecular complexity index is 891. The van der Waals surface area contributed by atoms with E-state index in [9.17, 15) is 13.2 Å². The maximum Gasteiger partial charge on any atom is 0.261 e. The third kappa shape index (κ3) is 4.99. The zero-order valence-electron chi connectivity index (χ0n) is 15.1. The van der Waals surface area contributed by atoms with E-state index in [0.29, 0.717) is 25.4 Å². The van der Waals surface area contributed by atoms with Crippen LogP contribution in [0.4, 0.5) is 11.4 Å². The average molecular weight is 389 g/mol. The summed E-state index contributed by atoms with van der Waals surface area (Å²) in [6.45, 7) is 4.48. The number of para-hydroxylation sites is 2. The molecule has 1 saturated heterocycles. The normalized spacial score (nSPS) is 14.6. The zero-order valence-corrected chi connectivity index (χ0v) is 16.0. The second-order valence-electron chi connectivity index (χ2n) is 6.28. The summed E-state index contributed by atoms with van der Waals surface area (Å²) in [7, 11) is -3.72. The molecule has 0 spiro atoms. The first-order valence-corrected chi connectivity index (χ1v) is 10.2. The highest BCUT2D eigenvalue weighted by molar-refractivity contribution is 7.92. The van der Waals surface area contributed by atoms with Gasteiger partial charge in [0, 0.05) is 26.6 Å². The number of hydrogen-bond acceptors (Lipinski definition) is 5. The monoisotopic (exact) mass is 389 g/mol. The summed E-state index contributed by atoms with van der Waals surface area (Å²) in [6.07, 6.45) is 0. The van der Waals surface area contributed by atoms with Crippen LogP contribution in [0.2, 0.25) is 0 Å². The van der Waals surface area contributed by atoms with Crippen LogP contribution < -0.4 is 14.9 Å². The van der Waals surface area contributed by atoms with E-state index in [1.54, 1.807) is 24.3 Å². The van der Waals surface area contributed by atoms with Crippen molar-refractivity contribution >= 4 is 27.3 Å². The minimum Gasteiger partial charge on any atom is -0.378 e. The summed E-state index contributed by atoms with van der Waals surface area (Å²) in [5, 5.41) is 2.68. The van der Waals surface area contributed by atoms with Gasteiger partial charge < -0.3 is 15.0 Å². The summed E-state index contributed by atoms with van der Waals surface area (Å²) in [5.41, 5.74) is 2.21. The standard InChI is InChI=1S/C19H23N3O4S/c1-15(23)20-14-16-6-8-17(9-7-16)27(24,25)21-18-4-2-3-5-19(18)22-10-12-26-13-11-22/h2-9,21H,10-14H2,1H3,(H,20,23). The molecule has 2 N–H and O–H groups in total. The molecule has 0 radical (unpaired) electrons. The number of sulfonamides is 1. The molecular formula is C19H23N3O4S. The molecule has 3 rings (SSSR count). The van der Waals surface area contributed by atoms with E-state index in [4.69, 9.17) is 4.74 Å². The lowest BCUT2D eigenvalue weighted by molar-refractivity contribution is -0.119. The van der Waals surface area contributed by atoms with E-state index in [-0.39, 0.29) is 10.8 Å². The lowest BCUT2D eigenvalue weighted by atomic mass is 10.2. The quantitative estimate of drug-likeness (QED) is 0.789. The van der Waals surface area contributed by atoms with Crippen molar-refractivity contribution in [2.45, 2.75) is 18.4 Å². The molecule has 1 aliphatic heterocycles. The number of nitrogens with zero attached hydrogens (tertiary/aromatic N) is 1. The van der Waals surface area contributed by atoms with Gasteiger partial charge in [-0.05, 0) is 29.8 Å². The minimum absolute atomic E-state index is 0.131. The van der Waals surface area contributed by atoms with Crippen molar-refractivity contribution in [1.82, 2.24) is 5.32 Å². The largest absolute Gasteiger partial charge is 0.378 e. The smallest absolute Gasteiger partial charge is 0.261 e. The molecular weight excluding hydrogens is 366 g/mol. The van der Waals surface area contributed by atoms with Crippen LogP contribution in [0.1, 0.15) is 12.5 Å². The fourth-order valence-electron chi connectivity index (χ4n) is 2.86. The Hall–Kier alpha value is -2.58. The lowest BCUT2D eigenvalue weighted by Crippen LogP contribution is -2.36. The fraction of sp³-hybridized carbons (Fsp3) is 0.316. The summed E-state index contributed by atoms with van der Waals surface area (Å²) < 4.78 is 33.6. The Kier molecular flexibility index (Phi) is 5.98. The highest BCUT2D eigenvalue weighted by atomic mass is 32.2. The molecule has 27 heavy (non-hydrogen) atoms. The number of carbonyl (C=O) groups is 1. The molecule has 0 unspecified atom stereocenters. The topological polar surface area (TPSA) is 87.7 Å². The van der Waals surface area contributed by atoms with Crippen molar-refractivity contribution in [3.05, 3.63) is 54.1 Å². The summed E-state index contributed by atoms with van der Waals surface area (Å²) >= 11 is 0. The zero-order chi connectivity index (χ0) is 19.3. The molecule has 1 amide bonds. The molecule has 1 aliphatic rings. The van der Waals surface area contributed by atoms with Gasteiger partial charge in [-0.1, -0.05) is 24.3 Å². The van der Waals surface area contributed by atoms with E-state index in [1.165, 1.54) is 19.1 Å². The van der Waals surface area contributed by atoms with Crippen LogP contribution in [0.3, 0.4) is 0 Å². The number of anilines is 2. The number of ether oxygens (including phenoxy) is 1. The number of carbonyl (C=O) groups excluding carboxylic acids is 1. The molecule has 8 heteroatoms. The first-order valence-electron chi connectivity index (χ1n) is 8.73. The number of nitrogens with one attached hydrogen (secondary N) is 2. The molecule has 7 nitrogen and oxygen atoms in total. The molecule has 0 aromatic heterocycles. The van der Waals surface area contributed by atoms with Crippen molar-refractivity contribution in [1.29, 1.82) is 0 Å². The molecule has 0 bridgehead atoms. The molecule has 1 fully saturated rings.